The summed E-state index contributed by atoms with van der Waals surface area (Å²) in [4.78, 5) is 24.3. The van der Waals surface area contributed by atoms with Crippen LogP contribution in [0.5, 0.6) is 11.5 Å². The Bertz CT molecular complexity index is 1590. The van der Waals surface area contributed by atoms with Gasteiger partial charge in [-0.15, -0.1) is 12.3 Å². The van der Waals surface area contributed by atoms with Gasteiger partial charge in [-0.25, -0.2) is 9.98 Å². The molecule has 1 atom stereocenters. The van der Waals surface area contributed by atoms with Gasteiger partial charge < -0.3 is 30.7 Å². The topological polar surface area (TPSA) is 135 Å². The third kappa shape index (κ3) is 20.4. The number of allylic oxidation sites excluding steroid dienone is 2. The summed E-state index contributed by atoms with van der Waals surface area (Å²) in [5.41, 5.74) is 14.0. The lowest BCUT2D eigenvalue weighted by molar-refractivity contribution is -0.112. The van der Waals surface area contributed by atoms with Crippen molar-refractivity contribution >= 4 is 29.3 Å². The molecule has 302 valence electrons. The van der Waals surface area contributed by atoms with Gasteiger partial charge in [-0.05, 0) is 108 Å². The van der Waals surface area contributed by atoms with Crippen molar-refractivity contribution in [2.24, 2.45) is 27.5 Å². The number of aliphatic imine (C=N–C) groups is 1. The zero-order chi connectivity index (χ0) is 41.0. The first-order valence-corrected chi connectivity index (χ1v) is 19.5. The number of aromatic nitrogens is 1. The highest BCUT2D eigenvalue weighted by molar-refractivity contribution is 5.99. The number of nitrogens with zero attached hydrogens (tertiary/aromatic N) is 6. The van der Waals surface area contributed by atoms with Gasteiger partial charge >= 0.3 is 0 Å². The van der Waals surface area contributed by atoms with E-state index in [4.69, 9.17) is 32.3 Å². The molecule has 4 N–H and O–H groups in total. The number of ketones is 1. The van der Waals surface area contributed by atoms with Crippen LogP contribution in [0.3, 0.4) is 0 Å². The lowest BCUT2D eigenvalue weighted by Crippen LogP contribution is -2.30. The quantitative estimate of drug-likeness (QED) is 0.0646. The van der Waals surface area contributed by atoms with Crippen LogP contribution in [0.2, 0.25) is 0 Å². The minimum absolute atomic E-state index is 0.108. The number of fused-ring (bicyclic) bond motifs is 1. The van der Waals surface area contributed by atoms with Crippen molar-refractivity contribution in [1.82, 2.24) is 14.9 Å². The Hall–Kier alpha value is -4.92. The number of rotatable bonds is 14. The predicted molar refractivity (Wildman–Crippen MR) is 232 cm³/mol. The van der Waals surface area contributed by atoms with Crippen molar-refractivity contribution in [2.75, 3.05) is 58.3 Å². The second-order valence-corrected chi connectivity index (χ2v) is 13.5. The molecule has 0 saturated heterocycles. The molecule has 0 amide bonds. The predicted octanol–water partition coefficient (Wildman–Crippen LogP) is 8.02. The second-order valence-electron chi connectivity index (χ2n) is 13.5. The second kappa shape index (κ2) is 28.5. The van der Waals surface area contributed by atoms with E-state index in [1.165, 1.54) is 25.7 Å². The molecule has 0 bridgehead atoms. The molecular formula is C44H68N8O3. The molecule has 4 rings (SSSR count). The minimum atomic E-state index is 0.108. The van der Waals surface area contributed by atoms with Crippen molar-refractivity contribution in [3.8, 4) is 23.8 Å². The number of pyridine rings is 1. The number of aryl methyl sites for hydroxylation is 1. The van der Waals surface area contributed by atoms with Gasteiger partial charge in [0.15, 0.2) is 17.4 Å². The monoisotopic (exact) mass is 757 g/mol. The van der Waals surface area contributed by atoms with Crippen LogP contribution in [0.15, 0.2) is 76.7 Å². The number of nitrogens with two attached hydrogens (primary N) is 2. The van der Waals surface area contributed by atoms with Gasteiger partial charge in [0.1, 0.15) is 23.0 Å². The molecular weight excluding hydrogens is 689 g/mol. The highest BCUT2D eigenvalue weighted by Gasteiger charge is 2.24. The molecule has 2 aromatic rings. The van der Waals surface area contributed by atoms with Crippen molar-refractivity contribution in [1.29, 1.82) is 0 Å². The van der Waals surface area contributed by atoms with Crippen molar-refractivity contribution < 1.29 is 14.3 Å². The Morgan fingerprint density at radius 2 is 1.85 bits per heavy atom. The fraction of sp³-hybridized carbons (Fsp3) is 0.500. The number of hydrazone groups is 1. The number of carbonyl (C=O) groups is 1. The molecule has 0 aliphatic carbocycles. The van der Waals surface area contributed by atoms with Crippen molar-refractivity contribution in [2.45, 2.75) is 87.0 Å². The van der Waals surface area contributed by atoms with Crippen molar-refractivity contribution in [3.05, 3.63) is 77.9 Å². The van der Waals surface area contributed by atoms with Gasteiger partial charge in [-0.2, -0.15) is 5.10 Å². The first-order chi connectivity index (χ1) is 26.4. The molecule has 2 aliphatic rings. The SMILES string of the molecule is C#CCC.C/C=N\N1C=CC(Oc2ccc(N=C(N)c3nc4c(cc3C)OCC(C)CN4CCCCC)cc2)=CC1.CC(=O)/C=C/CN(C)C.CCCCN. The molecule has 55 heavy (non-hydrogen) atoms. The van der Waals surface area contributed by atoms with Crippen LogP contribution < -0.4 is 25.8 Å². The van der Waals surface area contributed by atoms with Gasteiger partial charge in [0.25, 0.3) is 0 Å². The molecule has 0 saturated carbocycles. The highest BCUT2D eigenvalue weighted by Crippen LogP contribution is 2.33. The number of unbranched alkanes of at least 4 members (excludes halogenated alkanes) is 3. The molecule has 0 fully saturated rings. The minimum Gasteiger partial charge on any atom is -0.489 e. The number of benzene rings is 1. The summed E-state index contributed by atoms with van der Waals surface area (Å²) in [5, 5.41) is 6.06. The van der Waals surface area contributed by atoms with Crippen LogP contribution in [0.4, 0.5) is 11.5 Å². The van der Waals surface area contributed by atoms with Crippen molar-refractivity contribution in [3.63, 3.8) is 0 Å². The molecule has 3 heterocycles. The van der Waals surface area contributed by atoms with Crippen LogP contribution in [-0.4, -0.2) is 86.2 Å². The van der Waals surface area contributed by atoms with E-state index >= 15 is 0 Å². The normalized spacial score (nSPS) is 15.0. The summed E-state index contributed by atoms with van der Waals surface area (Å²) in [6.07, 6.45) is 22.5. The largest absolute Gasteiger partial charge is 0.489 e. The average Bonchev–Trinajstić information content (AvgIpc) is 3.31. The van der Waals surface area contributed by atoms with Crippen LogP contribution in [0.25, 0.3) is 0 Å². The number of carbonyl (C=O) groups excluding carboxylic acids is 1. The maximum Gasteiger partial charge on any atom is 0.172 e. The Morgan fingerprint density at radius 3 is 2.38 bits per heavy atom. The van der Waals surface area contributed by atoms with Crippen LogP contribution in [0, 0.1) is 25.2 Å². The molecule has 1 aromatic heterocycles. The Kier molecular flexibility index (Phi) is 24.9. The standard InChI is InChI=1S/C29H38N6O2.C7H13NO.C4H11N.C4H6/c1-5-7-8-15-34-19-21(3)20-36-26-18-22(4)27(33-29(26)34)28(30)32-23-9-11-24(12-10-23)37-25-13-16-35(17-14-25)31-6-2;1-7(9)5-4-6-8(2)3;1-2-3-4-5;1-3-4-2/h6,9-14,16,18,21H,5,7-8,15,17,19-20H2,1-4H3,(H2,30,32);4-5H,6H2,1-3H3;2-5H2,1H3;1H,4H2,2H3/b31-6-;5-4+;;. The first kappa shape index (κ1) is 48.1. The summed E-state index contributed by atoms with van der Waals surface area (Å²) in [7, 11) is 3.93. The first-order valence-electron chi connectivity index (χ1n) is 19.5. The molecule has 11 nitrogen and oxygen atoms in total. The van der Waals surface area contributed by atoms with Crippen LogP contribution in [0.1, 0.15) is 91.3 Å². The fourth-order valence-corrected chi connectivity index (χ4v) is 5.00. The third-order valence-corrected chi connectivity index (χ3v) is 7.85. The number of hydrogen-bond donors (Lipinski definition) is 2. The highest BCUT2D eigenvalue weighted by atomic mass is 16.5. The molecule has 1 aromatic carbocycles. The summed E-state index contributed by atoms with van der Waals surface area (Å²) in [6.45, 7) is 18.9. The Morgan fingerprint density at radius 1 is 1.16 bits per heavy atom. The maximum absolute atomic E-state index is 10.3. The van der Waals surface area contributed by atoms with E-state index in [1.54, 1.807) is 19.2 Å². The van der Waals surface area contributed by atoms with E-state index in [1.807, 2.05) is 99.5 Å². The third-order valence-electron chi connectivity index (χ3n) is 7.85. The van der Waals surface area contributed by atoms with E-state index in [-0.39, 0.29) is 5.78 Å². The number of likely N-dealkylation sites (N-methyl/N-ethyl adjacent to an activating group) is 1. The van der Waals surface area contributed by atoms with Gasteiger partial charge in [-0.1, -0.05) is 53.0 Å². The van der Waals surface area contributed by atoms with Crippen LogP contribution >= 0.6 is 0 Å². The van der Waals surface area contributed by atoms with E-state index in [9.17, 15) is 4.79 Å². The van der Waals surface area contributed by atoms with Gasteiger partial charge in [0, 0.05) is 44.4 Å². The number of terminal acetylenes is 1. The molecule has 0 spiro atoms. The van der Waals surface area contributed by atoms with Gasteiger partial charge in [0.05, 0.1) is 18.8 Å². The maximum atomic E-state index is 10.3. The summed E-state index contributed by atoms with van der Waals surface area (Å²) < 4.78 is 12.1. The number of ether oxygens (including phenoxy) is 2. The molecule has 11 heteroatoms. The lowest BCUT2D eigenvalue weighted by Gasteiger charge is -2.25. The summed E-state index contributed by atoms with van der Waals surface area (Å²) in [6, 6.07) is 9.60. The van der Waals surface area contributed by atoms with E-state index < -0.39 is 0 Å². The summed E-state index contributed by atoms with van der Waals surface area (Å²) in [5.74, 6) is 6.55. The zero-order valence-electron chi connectivity index (χ0n) is 35.1. The Labute approximate surface area is 332 Å². The number of hydrogen-bond acceptors (Lipinski definition) is 10. The van der Waals surface area contributed by atoms with E-state index in [2.05, 4.69) is 41.7 Å². The summed E-state index contributed by atoms with van der Waals surface area (Å²) >= 11 is 0. The van der Waals surface area contributed by atoms with E-state index in [0.29, 0.717) is 30.6 Å². The fourth-order valence-electron chi connectivity index (χ4n) is 5.00. The van der Waals surface area contributed by atoms with Crippen LogP contribution in [-0.2, 0) is 4.79 Å². The molecule has 0 radical (unpaired) electrons. The Balaban J connectivity index is 0.000000697. The van der Waals surface area contributed by atoms with Gasteiger partial charge in [0.2, 0.25) is 0 Å². The molecule has 2 aliphatic heterocycles. The molecule has 1 unspecified atom stereocenters. The smallest absolute Gasteiger partial charge is 0.172 e. The van der Waals surface area contributed by atoms with Gasteiger partial charge in [-0.3, -0.25) is 9.80 Å². The number of anilines is 1. The number of amidine groups is 1. The average molecular weight is 757 g/mol. The lowest BCUT2D eigenvalue weighted by atomic mass is 10.1. The zero-order valence-corrected chi connectivity index (χ0v) is 35.1. The van der Waals surface area contributed by atoms with E-state index in [0.717, 1.165) is 73.3 Å².